The molecule has 9 heteroatoms. The van der Waals surface area contributed by atoms with Crippen LogP contribution in [0.3, 0.4) is 0 Å². The fraction of sp³-hybridized carbons (Fsp3) is 0.333. The number of benzene rings is 2. The lowest BCUT2D eigenvalue weighted by atomic mass is 9.97. The summed E-state index contributed by atoms with van der Waals surface area (Å²) in [6.07, 6.45) is 4.09. The minimum absolute atomic E-state index is 0.0325. The maximum atomic E-state index is 13.9. The molecule has 2 amide bonds. The van der Waals surface area contributed by atoms with E-state index in [0.717, 1.165) is 69.7 Å². The first-order valence-corrected chi connectivity index (χ1v) is 14.9. The van der Waals surface area contributed by atoms with E-state index >= 15 is 0 Å². The molecule has 7 nitrogen and oxygen atoms in total. The number of para-hydroxylation sites is 1. The third kappa shape index (κ3) is 5.65. The van der Waals surface area contributed by atoms with Crippen LogP contribution < -0.4 is 16.2 Å². The van der Waals surface area contributed by atoms with Crippen LogP contribution in [-0.4, -0.2) is 33.7 Å². The highest BCUT2D eigenvalue weighted by atomic mass is 32.2. The first-order chi connectivity index (χ1) is 18.7. The number of aromatic nitrogens is 2. The number of carbonyl (C=O) groups is 2. The molecule has 0 spiro atoms. The number of nitrogens with one attached hydrogen (secondary N) is 2. The Hall–Kier alpha value is -3.43. The van der Waals surface area contributed by atoms with Crippen LogP contribution in [0.15, 0.2) is 46.3 Å². The van der Waals surface area contributed by atoms with Crippen LogP contribution in [0.4, 0.5) is 5.69 Å². The highest BCUT2D eigenvalue weighted by Crippen LogP contribution is 2.35. The van der Waals surface area contributed by atoms with Crippen molar-refractivity contribution in [2.45, 2.75) is 58.5 Å². The largest absolute Gasteiger partial charge is 0.346 e. The first kappa shape index (κ1) is 27.1. The second-order valence-electron chi connectivity index (χ2n) is 10.1. The molecule has 0 saturated heterocycles. The van der Waals surface area contributed by atoms with E-state index in [9.17, 15) is 14.4 Å². The second kappa shape index (κ2) is 11.4. The van der Waals surface area contributed by atoms with Crippen molar-refractivity contribution in [2.24, 2.45) is 0 Å². The molecule has 2 heterocycles. The predicted octanol–water partition coefficient (Wildman–Crippen LogP) is 5.41. The maximum Gasteiger partial charge on any atom is 0.267 e. The summed E-state index contributed by atoms with van der Waals surface area (Å²) in [7, 11) is 0. The van der Waals surface area contributed by atoms with Crippen LogP contribution in [-0.2, 0) is 22.4 Å². The Morgan fingerprint density at radius 2 is 1.72 bits per heavy atom. The number of aryl methyl sites for hydroxylation is 6. The number of hydrogen-bond acceptors (Lipinski definition) is 6. The van der Waals surface area contributed by atoms with E-state index in [4.69, 9.17) is 4.98 Å². The van der Waals surface area contributed by atoms with Crippen molar-refractivity contribution >= 4 is 50.8 Å². The molecule has 39 heavy (non-hydrogen) atoms. The minimum Gasteiger partial charge on any atom is -0.346 e. The van der Waals surface area contributed by atoms with Crippen molar-refractivity contribution in [3.63, 3.8) is 0 Å². The van der Waals surface area contributed by atoms with E-state index in [1.165, 1.54) is 16.6 Å². The summed E-state index contributed by atoms with van der Waals surface area (Å²) in [4.78, 5) is 46.1. The van der Waals surface area contributed by atoms with Gasteiger partial charge in [0.05, 0.1) is 23.4 Å². The van der Waals surface area contributed by atoms with Gasteiger partial charge in [0.15, 0.2) is 5.16 Å². The van der Waals surface area contributed by atoms with Gasteiger partial charge in [0.25, 0.3) is 5.56 Å². The minimum atomic E-state index is -0.302. The molecule has 0 unspecified atom stereocenters. The number of amides is 2. The van der Waals surface area contributed by atoms with E-state index < -0.39 is 0 Å². The van der Waals surface area contributed by atoms with Crippen molar-refractivity contribution < 1.29 is 9.59 Å². The molecule has 4 aromatic rings. The summed E-state index contributed by atoms with van der Waals surface area (Å²) in [5.41, 5.74) is 6.63. The van der Waals surface area contributed by atoms with Gasteiger partial charge < -0.3 is 10.6 Å². The van der Waals surface area contributed by atoms with Crippen molar-refractivity contribution in [3.05, 3.63) is 79.4 Å². The lowest BCUT2D eigenvalue weighted by Crippen LogP contribution is -2.34. The molecule has 2 N–H and O–H groups in total. The van der Waals surface area contributed by atoms with Crippen LogP contribution in [0.2, 0.25) is 0 Å². The molecular weight excluding hydrogens is 528 g/mol. The lowest BCUT2D eigenvalue weighted by Gasteiger charge is -2.15. The van der Waals surface area contributed by atoms with E-state index in [0.29, 0.717) is 10.5 Å². The zero-order valence-electron chi connectivity index (χ0n) is 22.6. The summed E-state index contributed by atoms with van der Waals surface area (Å²) in [5, 5.41) is 6.80. The average molecular weight is 561 g/mol. The Morgan fingerprint density at radius 3 is 2.46 bits per heavy atom. The highest BCUT2D eigenvalue weighted by Gasteiger charge is 2.24. The topological polar surface area (TPSA) is 93.1 Å². The summed E-state index contributed by atoms with van der Waals surface area (Å²) >= 11 is 2.81. The van der Waals surface area contributed by atoms with Crippen LogP contribution >= 0.6 is 23.1 Å². The Morgan fingerprint density at radius 1 is 1.00 bits per heavy atom. The standard InChI is InChI=1S/C30H32N4O3S2/c1-17-13-19(3)27(20(4)14-17)32-24(35)15-31-25(36)16-38-30-33-28-26(21-10-6-8-12-23(21)39-28)29(37)34(30)22-11-7-5-9-18(22)2/h5,7,9,11,13-14H,6,8,10,12,15-16H2,1-4H3,(H,31,36)(H,32,35). The average Bonchev–Trinajstić information content (AvgIpc) is 3.28. The Balaban J connectivity index is 1.35. The zero-order valence-corrected chi connectivity index (χ0v) is 24.3. The van der Waals surface area contributed by atoms with Gasteiger partial charge in [0.1, 0.15) is 4.83 Å². The number of carbonyl (C=O) groups excluding carboxylic acids is 2. The lowest BCUT2D eigenvalue weighted by molar-refractivity contribution is -0.122. The van der Waals surface area contributed by atoms with Gasteiger partial charge in [-0.05, 0) is 81.7 Å². The Labute approximate surface area is 236 Å². The Kier molecular flexibility index (Phi) is 7.91. The fourth-order valence-electron chi connectivity index (χ4n) is 5.23. The monoisotopic (exact) mass is 560 g/mol. The maximum absolute atomic E-state index is 13.9. The third-order valence-corrected chi connectivity index (χ3v) is 9.16. The fourth-order valence-corrected chi connectivity index (χ4v) is 7.37. The van der Waals surface area contributed by atoms with Crippen LogP contribution in [0.1, 0.15) is 45.5 Å². The molecule has 1 aliphatic rings. The summed E-state index contributed by atoms with van der Waals surface area (Å²) in [6.45, 7) is 7.74. The van der Waals surface area contributed by atoms with E-state index in [1.54, 1.807) is 15.9 Å². The van der Waals surface area contributed by atoms with Gasteiger partial charge in [-0.2, -0.15) is 0 Å². The van der Waals surface area contributed by atoms with Crippen molar-refractivity contribution in [2.75, 3.05) is 17.6 Å². The number of nitrogens with zero attached hydrogens (tertiary/aromatic N) is 2. The number of rotatable bonds is 7. The van der Waals surface area contributed by atoms with Crippen molar-refractivity contribution in [1.82, 2.24) is 14.9 Å². The van der Waals surface area contributed by atoms with Gasteiger partial charge in [0, 0.05) is 10.6 Å². The van der Waals surface area contributed by atoms with Crippen molar-refractivity contribution in [3.8, 4) is 5.69 Å². The van der Waals surface area contributed by atoms with Gasteiger partial charge in [-0.15, -0.1) is 11.3 Å². The van der Waals surface area contributed by atoms with Gasteiger partial charge in [-0.1, -0.05) is 47.7 Å². The quantitative estimate of drug-likeness (QED) is 0.233. The molecule has 2 aromatic heterocycles. The van der Waals surface area contributed by atoms with Crippen LogP contribution in [0.25, 0.3) is 15.9 Å². The molecule has 1 aliphatic carbocycles. The third-order valence-electron chi connectivity index (χ3n) is 7.03. The summed E-state index contributed by atoms with van der Waals surface area (Å²) < 4.78 is 1.65. The molecule has 0 atom stereocenters. The Bertz CT molecular complexity index is 1630. The molecule has 0 aliphatic heterocycles. The number of anilines is 1. The smallest absolute Gasteiger partial charge is 0.267 e. The number of hydrogen-bond donors (Lipinski definition) is 2. The predicted molar refractivity (Wildman–Crippen MR) is 160 cm³/mol. The van der Waals surface area contributed by atoms with Crippen LogP contribution in [0.5, 0.6) is 0 Å². The normalized spacial score (nSPS) is 12.8. The van der Waals surface area contributed by atoms with E-state index in [-0.39, 0.29) is 29.7 Å². The number of thioether (sulfide) groups is 1. The molecule has 0 fully saturated rings. The number of thiophene rings is 1. The molecule has 0 saturated carbocycles. The molecular formula is C30H32N4O3S2. The van der Waals surface area contributed by atoms with Crippen LogP contribution in [0, 0.1) is 27.7 Å². The van der Waals surface area contributed by atoms with Crippen molar-refractivity contribution in [1.29, 1.82) is 0 Å². The second-order valence-corrected chi connectivity index (χ2v) is 12.1. The van der Waals surface area contributed by atoms with E-state index in [2.05, 4.69) is 10.6 Å². The van der Waals surface area contributed by atoms with Gasteiger partial charge in [0.2, 0.25) is 11.8 Å². The first-order valence-electron chi connectivity index (χ1n) is 13.1. The molecule has 202 valence electrons. The molecule has 0 radical (unpaired) electrons. The summed E-state index contributed by atoms with van der Waals surface area (Å²) in [5.74, 6) is -0.558. The highest BCUT2D eigenvalue weighted by molar-refractivity contribution is 7.99. The van der Waals surface area contributed by atoms with Gasteiger partial charge in [-0.3, -0.25) is 19.0 Å². The zero-order chi connectivity index (χ0) is 27.7. The molecule has 2 aromatic carbocycles. The number of fused-ring (bicyclic) bond motifs is 3. The summed E-state index contributed by atoms with van der Waals surface area (Å²) in [6, 6.07) is 11.7. The molecule has 5 rings (SSSR count). The van der Waals surface area contributed by atoms with Gasteiger partial charge >= 0.3 is 0 Å². The SMILES string of the molecule is Cc1cc(C)c(NC(=O)CNC(=O)CSc2nc3sc4c(c3c(=O)n2-c2ccccc2C)CCCC4)c(C)c1. The molecule has 0 bridgehead atoms. The van der Waals surface area contributed by atoms with E-state index in [1.807, 2.05) is 64.1 Å². The van der Waals surface area contributed by atoms with Gasteiger partial charge in [-0.25, -0.2) is 4.98 Å².